The Bertz CT molecular complexity index is 815. The zero-order valence-electron chi connectivity index (χ0n) is 13.0. The zero-order valence-corrected chi connectivity index (χ0v) is 13.8. The number of carbonyl (C=O) groups excluding carboxylic acids is 1. The SMILES string of the molecule is O=C(N[C@@H]1CCN(c2cc(-c3cccs3)[nH]n2)C1)c1ccncc1. The summed E-state index contributed by atoms with van der Waals surface area (Å²) in [4.78, 5) is 19.5. The van der Waals surface area contributed by atoms with Crippen molar-refractivity contribution in [2.75, 3.05) is 18.0 Å². The van der Waals surface area contributed by atoms with E-state index in [1.165, 1.54) is 4.88 Å². The lowest BCUT2D eigenvalue weighted by atomic mass is 10.2. The van der Waals surface area contributed by atoms with Crippen molar-refractivity contribution in [2.24, 2.45) is 0 Å². The minimum Gasteiger partial charge on any atom is -0.353 e. The van der Waals surface area contributed by atoms with Crippen molar-refractivity contribution in [3.63, 3.8) is 0 Å². The first kappa shape index (κ1) is 14.9. The molecule has 0 spiro atoms. The Kier molecular flexibility index (Phi) is 4.00. The topological polar surface area (TPSA) is 73.9 Å². The summed E-state index contributed by atoms with van der Waals surface area (Å²) in [5.41, 5.74) is 1.67. The zero-order chi connectivity index (χ0) is 16.4. The highest BCUT2D eigenvalue weighted by Gasteiger charge is 2.26. The number of pyridine rings is 1. The van der Waals surface area contributed by atoms with Gasteiger partial charge in [-0.2, -0.15) is 5.10 Å². The number of anilines is 1. The van der Waals surface area contributed by atoms with Gasteiger partial charge in [-0.25, -0.2) is 0 Å². The molecular formula is C17H17N5OS. The van der Waals surface area contributed by atoms with Gasteiger partial charge in [0, 0.05) is 43.2 Å². The monoisotopic (exact) mass is 339 g/mol. The molecule has 2 N–H and O–H groups in total. The predicted molar refractivity (Wildman–Crippen MR) is 94.2 cm³/mol. The van der Waals surface area contributed by atoms with Gasteiger partial charge in [0.1, 0.15) is 0 Å². The highest BCUT2D eigenvalue weighted by Crippen LogP contribution is 2.27. The highest BCUT2D eigenvalue weighted by molar-refractivity contribution is 7.13. The summed E-state index contributed by atoms with van der Waals surface area (Å²) < 4.78 is 0. The third-order valence-electron chi connectivity index (χ3n) is 4.14. The molecular weight excluding hydrogens is 322 g/mol. The number of hydrogen-bond acceptors (Lipinski definition) is 5. The van der Waals surface area contributed by atoms with Gasteiger partial charge in [0.15, 0.2) is 5.82 Å². The molecule has 0 aliphatic carbocycles. The molecule has 7 heteroatoms. The molecule has 1 saturated heterocycles. The summed E-state index contributed by atoms with van der Waals surface area (Å²) in [5, 5.41) is 12.6. The predicted octanol–water partition coefficient (Wildman–Crippen LogP) is 2.54. The van der Waals surface area contributed by atoms with Crippen LogP contribution in [0.4, 0.5) is 5.82 Å². The standard InChI is InChI=1S/C17H17N5OS/c23-17(12-3-6-18-7-4-12)19-13-5-8-22(11-13)16-10-14(20-21-16)15-2-1-9-24-15/h1-4,6-7,9-10,13H,5,8,11H2,(H,19,23)(H,20,21)/t13-/m1/s1. The Morgan fingerprint density at radius 3 is 3.00 bits per heavy atom. The molecule has 0 aromatic carbocycles. The molecule has 0 saturated carbocycles. The Hall–Kier alpha value is -2.67. The van der Waals surface area contributed by atoms with Crippen molar-refractivity contribution in [1.29, 1.82) is 0 Å². The number of aromatic amines is 1. The summed E-state index contributed by atoms with van der Waals surface area (Å²) >= 11 is 1.69. The van der Waals surface area contributed by atoms with Gasteiger partial charge in [-0.3, -0.25) is 14.9 Å². The third kappa shape index (κ3) is 3.03. The molecule has 0 bridgehead atoms. The van der Waals surface area contributed by atoms with E-state index >= 15 is 0 Å². The largest absolute Gasteiger partial charge is 0.353 e. The van der Waals surface area contributed by atoms with Crippen LogP contribution in [0.5, 0.6) is 0 Å². The molecule has 1 aliphatic rings. The number of amides is 1. The number of H-pyrrole nitrogens is 1. The molecule has 122 valence electrons. The number of thiophene rings is 1. The van der Waals surface area contributed by atoms with Gasteiger partial charge in [0.25, 0.3) is 5.91 Å². The molecule has 1 aliphatic heterocycles. The highest BCUT2D eigenvalue weighted by atomic mass is 32.1. The molecule has 6 nitrogen and oxygen atoms in total. The molecule has 1 fully saturated rings. The number of carbonyl (C=O) groups is 1. The van der Waals surface area contributed by atoms with E-state index in [9.17, 15) is 4.79 Å². The second-order valence-corrected chi connectivity index (χ2v) is 6.71. The molecule has 1 amide bonds. The van der Waals surface area contributed by atoms with Crippen LogP contribution < -0.4 is 10.2 Å². The molecule has 3 aromatic rings. The van der Waals surface area contributed by atoms with Gasteiger partial charge in [0.2, 0.25) is 0 Å². The van der Waals surface area contributed by atoms with Gasteiger partial charge in [-0.05, 0) is 30.0 Å². The van der Waals surface area contributed by atoms with E-state index in [2.05, 4.69) is 42.9 Å². The lowest BCUT2D eigenvalue weighted by Crippen LogP contribution is -2.37. The number of aromatic nitrogens is 3. The quantitative estimate of drug-likeness (QED) is 0.766. The van der Waals surface area contributed by atoms with Crippen LogP contribution in [-0.2, 0) is 0 Å². The van der Waals surface area contributed by atoms with E-state index in [1.807, 2.05) is 6.07 Å². The fourth-order valence-corrected chi connectivity index (χ4v) is 3.58. The van der Waals surface area contributed by atoms with Crippen molar-refractivity contribution in [3.8, 4) is 10.6 Å². The van der Waals surface area contributed by atoms with Crippen molar-refractivity contribution in [1.82, 2.24) is 20.5 Å². The van der Waals surface area contributed by atoms with Crippen LogP contribution in [0.25, 0.3) is 10.6 Å². The maximum absolute atomic E-state index is 12.2. The molecule has 24 heavy (non-hydrogen) atoms. The summed E-state index contributed by atoms with van der Waals surface area (Å²) in [6.07, 6.45) is 4.18. The van der Waals surface area contributed by atoms with Crippen LogP contribution in [0.2, 0.25) is 0 Å². The number of nitrogens with zero attached hydrogens (tertiary/aromatic N) is 3. The first-order valence-corrected chi connectivity index (χ1v) is 8.73. The van der Waals surface area contributed by atoms with Crippen molar-refractivity contribution in [2.45, 2.75) is 12.5 Å². The maximum Gasteiger partial charge on any atom is 0.251 e. The Labute approximate surface area is 143 Å². The normalized spacial score (nSPS) is 17.2. The molecule has 0 unspecified atom stereocenters. The maximum atomic E-state index is 12.2. The van der Waals surface area contributed by atoms with Crippen LogP contribution in [0.15, 0.2) is 48.1 Å². The fraction of sp³-hybridized carbons (Fsp3) is 0.235. The lowest BCUT2D eigenvalue weighted by molar-refractivity contribution is 0.0940. The van der Waals surface area contributed by atoms with Crippen molar-refractivity contribution >= 4 is 23.1 Å². The number of nitrogens with one attached hydrogen (secondary N) is 2. The van der Waals surface area contributed by atoms with Gasteiger partial charge in [-0.15, -0.1) is 11.3 Å². The molecule has 0 radical (unpaired) electrons. The summed E-state index contributed by atoms with van der Waals surface area (Å²) in [6.45, 7) is 1.65. The van der Waals surface area contributed by atoms with Crippen LogP contribution >= 0.6 is 11.3 Å². The Morgan fingerprint density at radius 2 is 2.21 bits per heavy atom. The van der Waals surface area contributed by atoms with E-state index in [0.717, 1.165) is 31.0 Å². The first-order chi connectivity index (χ1) is 11.8. The average Bonchev–Trinajstić information content (AvgIpc) is 3.36. The minimum absolute atomic E-state index is 0.0504. The summed E-state index contributed by atoms with van der Waals surface area (Å²) in [7, 11) is 0. The van der Waals surface area contributed by atoms with Crippen LogP contribution in [-0.4, -0.2) is 40.2 Å². The third-order valence-corrected chi connectivity index (χ3v) is 5.04. The van der Waals surface area contributed by atoms with E-state index in [4.69, 9.17) is 0 Å². The average molecular weight is 339 g/mol. The fourth-order valence-electron chi connectivity index (χ4n) is 2.89. The van der Waals surface area contributed by atoms with Crippen LogP contribution in [0.3, 0.4) is 0 Å². The van der Waals surface area contributed by atoms with Gasteiger partial charge < -0.3 is 10.2 Å². The molecule has 4 heterocycles. The minimum atomic E-state index is -0.0504. The smallest absolute Gasteiger partial charge is 0.251 e. The number of hydrogen-bond donors (Lipinski definition) is 2. The van der Waals surface area contributed by atoms with Crippen LogP contribution in [0, 0.1) is 0 Å². The molecule has 4 rings (SSSR count). The lowest BCUT2D eigenvalue weighted by Gasteiger charge is -2.16. The summed E-state index contributed by atoms with van der Waals surface area (Å²) in [6, 6.07) is 9.75. The first-order valence-electron chi connectivity index (χ1n) is 7.85. The van der Waals surface area contributed by atoms with Gasteiger partial charge in [0.05, 0.1) is 10.6 Å². The van der Waals surface area contributed by atoms with E-state index < -0.39 is 0 Å². The van der Waals surface area contributed by atoms with Gasteiger partial charge >= 0.3 is 0 Å². The van der Waals surface area contributed by atoms with Crippen molar-refractivity contribution < 1.29 is 4.79 Å². The van der Waals surface area contributed by atoms with E-state index in [1.54, 1.807) is 35.9 Å². The van der Waals surface area contributed by atoms with E-state index in [0.29, 0.717) is 5.56 Å². The molecule has 1 atom stereocenters. The number of rotatable bonds is 4. The Balaban J connectivity index is 1.39. The molecule has 3 aromatic heterocycles. The van der Waals surface area contributed by atoms with Crippen LogP contribution in [0.1, 0.15) is 16.8 Å². The second kappa shape index (κ2) is 6.45. The van der Waals surface area contributed by atoms with E-state index in [-0.39, 0.29) is 11.9 Å². The Morgan fingerprint density at radius 1 is 1.33 bits per heavy atom. The van der Waals surface area contributed by atoms with Gasteiger partial charge in [-0.1, -0.05) is 6.07 Å². The summed E-state index contributed by atoms with van der Waals surface area (Å²) in [5.74, 6) is 0.879. The second-order valence-electron chi connectivity index (χ2n) is 5.76. The van der Waals surface area contributed by atoms with Crippen molar-refractivity contribution in [3.05, 3.63) is 53.7 Å².